The van der Waals surface area contributed by atoms with E-state index >= 15 is 0 Å². The van der Waals surface area contributed by atoms with Gasteiger partial charge in [0.05, 0.1) is 0 Å². The van der Waals surface area contributed by atoms with Crippen molar-refractivity contribution >= 4 is 23.2 Å². The van der Waals surface area contributed by atoms with Crippen LogP contribution in [-0.4, -0.2) is 47.8 Å². The largest absolute Gasteiger partial charge is 0.339 e. The van der Waals surface area contributed by atoms with Gasteiger partial charge in [-0.1, -0.05) is 32.8 Å². The molecule has 4 nitrogen and oxygen atoms in total. The van der Waals surface area contributed by atoms with E-state index in [-0.39, 0.29) is 11.8 Å². The highest BCUT2D eigenvalue weighted by atomic mass is 32.1. The number of carbonyl (C=O) groups excluding carboxylic acids is 2. The minimum atomic E-state index is 0.170. The zero-order chi connectivity index (χ0) is 17.8. The fourth-order valence-electron chi connectivity index (χ4n) is 4.01. The number of rotatable bonds is 7. The molecule has 1 aromatic heterocycles. The van der Waals surface area contributed by atoms with Crippen LogP contribution >= 0.6 is 11.3 Å². The molecule has 2 atom stereocenters. The molecule has 1 saturated carbocycles. The Kier molecular flexibility index (Phi) is 6.15. The summed E-state index contributed by atoms with van der Waals surface area (Å²) in [4.78, 5) is 30.8. The Morgan fingerprint density at radius 3 is 2.32 bits per heavy atom. The van der Waals surface area contributed by atoms with Gasteiger partial charge in [-0.3, -0.25) is 9.59 Å². The van der Waals surface area contributed by atoms with Crippen LogP contribution in [0.3, 0.4) is 0 Å². The fourth-order valence-corrected chi connectivity index (χ4v) is 4.92. The molecule has 2 heterocycles. The van der Waals surface area contributed by atoms with Gasteiger partial charge in [-0.2, -0.15) is 0 Å². The van der Waals surface area contributed by atoms with Crippen LogP contribution in [0.1, 0.15) is 56.7 Å². The van der Waals surface area contributed by atoms with Gasteiger partial charge in [0.2, 0.25) is 11.8 Å². The highest BCUT2D eigenvalue weighted by Gasteiger charge is 2.46. The standard InChI is InChI=1S/C20H30N2O2S/c1-3-6-15(7-4-2)19(23)21-9-11-22(12-10-21)20(24)17-14-16(17)18-8-5-13-25-18/h5,8,13,15-17H,3-4,6-7,9-12,14H2,1-2H3. The van der Waals surface area contributed by atoms with E-state index in [1.165, 1.54) is 4.88 Å². The molecule has 0 bridgehead atoms. The molecule has 2 aliphatic rings. The second kappa shape index (κ2) is 8.35. The zero-order valence-corrected chi connectivity index (χ0v) is 16.3. The molecule has 138 valence electrons. The van der Waals surface area contributed by atoms with E-state index in [1.807, 2.05) is 9.80 Å². The first-order valence-electron chi connectivity index (χ1n) is 9.76. The zero-order valence-electron chi connectivity index (χ0n) is 15.4. The topological polar surface area (TPSA) is 40.6 Å². The van der Waals surface area contributed by atoms with Crippen molar-refractivity contribution in [3.8, 4) is 0 Å². The number of amides is 2. The van der Waals surface area contributed by atoms with Crippen LogP contribution in [0.15, 0.2) is 17.5 Å². The molecule has 0 radical (unpaired) electrons. The summed E-state index contributed by atoms with van der Waals surface area (Å²) in [6.45, 7) is 7.08. The minimum Gasteiger partial charge on any atom is -0.339 e. The summed E-state index contributed by atoms with van der Waals surface area (Å²) < 4.78 is 0. The van der Waals surface area contributed by atoms with Crippen LogP contribution in [0.5, 0.6) is 0 Å². The van der Waals surface area contributed by atoms with Gasteiger partial charge >= 0.3 is 0 Å². The van der Waals surface area contributed by atoms with Gasteiger partial charge in [0.25, 0.3) is 0 Å². The lowest BCUT2D eigenvalue weighted by Crippen LogP contribution is -2.52. The van der Waals surface area contributed by atoms with Crippen molar-refractivity contribution in [1.29, 1.82) is 0 Å². The summed E-state index contributed by atoms with van der Waals surface area (Å²) in [5.74, 6) is 1.38. The number of thiophene rings is 1. The number of nitrogens with zero attached hydrogens (tertiary/aromatic N) is 2. The molecule has 2 unspecified atom stereocenters. The quantitative estimate of drug-likeness (QED) is 0.741. The number of hydrogen-bond donors (Lipinski definition) is 0. The predicted octanol–water partition coefficient (Wildman–Crippen LogP) is 3.74. The minimum absolute atomic E-state index is 0.170. The van der Waals surface area contributed by atoms with Crippen molar-refractivity contribution < 1.29 is 9.59 Å². The Morgan fingerprint density at radius 1 is 1.12 bits per heavy atom. The SMILES string of the molecule is CCCC(CCC)C(=O)N1CCN(C(=O)C2CC2c2cccs2)CC1. The normalized spacial score (nSPS) is 23.2. The Bertz CT molecular complexity index is 573. The van der Waals surface area contributed by atoms with Gasteiger partial charge in [-0.25, -0.2) is 0 Å². The molecule has 1 saturated heterocycles. The first-order valence-corrected chi connectivity index (χ1v) is 10.6. The summed E-state index contributed by atoms with van der Waals surface area (Å²) in [6, 6.07) is 4.20. The van der Waals surface area contributed by atoms with Gasteiger partial charge in [-0.15, -0.1) is 11.3 Å². The third-order valence-electron chi connectivity index (χ3n) is 5.54. The van der Waals surface area contributed by atoms with Crippen molar-refractivity contribution in [3.63, 3.8) is 0 Å². The van der Waals surface area contributed by atoms with Crippen molar-refractivity contribution in [2.24, 2.45) is 11.8 Å². The van der Waals surface area contributed by atoms with Crippen LogP contribution in [0, 0.1) is 11.8 Å². The molecular weight excluding hydrogens is 332 g/mol. The molecule has 0 aromatic carbocycles. The van der Waals surface area contributed by atoms with E-state index in [0.717, 1.165) is 32.1 Å². The maximum absolute atomic E-state index is 12.7. The maximum atomic E-state index is 12.7. The van der Waals surface area contributed by atoms with E-state index in [0.29, 0.717) is 43.9 Å². The van der Waals surface area contributed by atoms with Crippen molar-refractivity contribution in [2.45, 2.75) is 51.9 Å². The molecule has 1 aliphatic heterocycles. The van der Waals surface area contributed by atoms with E-state index < -0.39 is 0 Å². The molecule has 2 amide bonds. The maximum Gasteiger partial charge on any atom is 0.226 e. The van der Waals surface area contributed by atoms with Gasteiger partial charge in [0.1, 0.15) is 0 Å². The highest BCUT2D eigenvalue weighted by molar-refractivity contribution is 7.10. The van der Waals surface area contributed by atoms with Crippen molar-refractivity contribution in [1.82, 2.24) is 9.80 Å². The molecule has 0 N–H and O–H groups in total. The highest BCUT2D eigenvalue weighted by Crippen LogP contribution is 2.50. The van der Waals surface area contributed by atoms with E-state index in [4.69, 9.17) is 0 Å². The smallest absolute Gasteiger partial charge is 0.226 e. The van der Waals surface area contributed by atoms with E-state index in [2.05, 4.69) is 31.4 Å². The molecule has 25 heavy (non-hydrogen) atoms. The summed E-state index contributed by atoms with van der Waals surface area (Å²) >= 11 is 1.75. The average Bonchev–Trinajstić information content (AvgIpc) is 3.25. The van der Waals surface area contributed by atoms with Crippen LogP contribution in [0.2, 0.25) is 0 Å². The molecular formula is C20H30N2O2S. The Hall–Kier alpha value is -1.36. The summed E-state index contributed by atoms with van der Waals surface area (Å²) in [5.41, 5.74) is 0. The first kappa shape index (κ1) is 18.4. The lowest BCUT2D eigenvalue weighted by Gasteiger charge is -2.36. The molecule has 3 rings (SSSR count). The predicted molar refractivity (Wildman–Crippen MR) is 102 cm³/mol. The van der Waals surface area contributed by atoms with Crippen LogP contribution in [0.25, 0.3) is 0 Å². The Balaban J connectivity index is 1.48. The van der Waals surface area contributed by atoms with Crippen molar-refractivity contribution in [3.05, 3.63) is 22.4 Å². The third kappa shape index (κ3) is 4.25. The van der Waals surface area contributed by atoms with Crippen LogP contribution in [-0.2, 0) is 9.59 Å². The lowest BCUT2D eigenvalue weighted by atomic mass is 9.96. The number of carbonyl (C=O) groups is 2. The summed E-state index contributed by atoms with van der Waals surface area (Å²) in [6.07, 6.45) is 5.07. The van der Waals surface area contributed by atoms with Gasteiger partial charge in [-0.05, 0) is 30.7 Å². The molecule has 2 fully saturated rings. The molecule has 1 aliphatic carbocycles. The van der Waals surface area contributed by atoms with Crippen LogP contribution < -0.4 is 0 Å². The monoisotopic (exact) mass is 362 g/mol. The van der Waals surface area contributed by atoms with Gasteiger partial charge < -0.3 is 9.80 Å². The fraction of sp³-hybridized carbons (Fsp3) is 0.700. The Labute approximate surface area is 155 Å². The molecule has 0 spiro atoms. The molecule has 5 heteroatoms. The second-order valence-corrected chi connectivity index (χ2v) is 8.37. The van der Waals surface area contributed by atoms with E-state index in [9.17, 15) is 9.59 Å². The van der Waals surface area contributed by atoms with Gasteiger partial charge in [0.15, 0.2) is 0 Å². The summed E-state index contributed by atoms with van der Waals surface area (Å²) in [5, 5.41) is 2.09. The molecule has 1 aromatic rings. The first-order chi connectivity index (χ1) is 12.2. The third-order valence-corrected chi connectivity index (χ3v) is 6.55. The second-order valence-electron chi connectivity index (χ2n) is 7.39. The lowest BCUT2D eigenvalue weighted by molar-refractivity contribution is -0.143. The average molecular weight is 363 g/mol. The Morgan fingerprint density at radius 2 is 1.76 bits per heavy atom. The number of hydrogen-bond acceptors (Lipinski definition) is 3. The van der Waals surface area contributed by atoms with Crippen LogP contribution in [0.4, 0.5) is 0 Å². The summed E-state index contributed by atoms with van der Waals surface area (Å²) in [7, 11) is 0. The van der Waals surface area contributed by atoms with Crippen molar-refractivity contribution in [2.75, 3.05) is 26.2 Å². The number of piperazine rings is 1. The van der Waals surface area contributed by atoms with E-state index in [1.54, 1.807) is 11.3 Å². The van der Waals surface area contributed by atoms with Gasteiger partial charge in [0, 0.05) is 48.8 Å².